The quantitative estimate of drug-likeness (QED) is 0.577. The number of fused-ring (bicyclic) bond motifs is 1. The molecule has 0 atom stereocenters. The van der Waals surface area contributed by atoms with Gasteiger partial charge in [0.1, 0.15) is 5.75 Å². The number of ether oxygens (including phenoxy) is 1. The van der Waals surface area contributed by atoms with Crippen LogP contribution in [0, 0.1) is 13.8 Å². The molecule has 2 aromatic carbocycles. The van der Waals surface area contributed by atoms with E-state index in [1.165, 1.54) is 0 Å². The van der Waals surface area contributed by atoms with Gasteiger partial charge in [-0.2, -0.15) is 5.10 Å². The third kappa shape index (κ3) is 3.59. The number of benzene rings is 2. The number of para-hydroxylation sites is 2. The van der Waals surface area contributed by atoms with Crippen molar-refractivity contribution in [3.63, 3.8) is 0 Å². The largest absolute Gasteiger partial charge is 0.471 e. The standard InChI is InChI=1S/C21H21N5O2/c1-14-10-15(2)12-16(11-14)28-13-26-9-8-18(24-26)20(27)23-21-22-17-6-4-5-7-19(17)25(21)3/h4-12H,13H2,1-3H3,(H,22,23,27). The Morgan fingerprint density at radius 1 is 1.11 bits per heavy atom. The predicted octanol–water partition coefficient (Wildman–Crippen LogP) is 3.68. The van der Waals surface area contributed by atoms with Gasteiger partial charge in [-0.15, -0.1) is 0 Å². The minimum atomic E-state index is -0.316. The molecule has 0 aliphatic heterocycles. The number of carbonyl (C=O) groups excluding carboxylic acids is 1. The maximum absolute atomic E-state index is 12.5. The molecule has 2 aromatic heterocycles. The molecule has 0 radical (unpaired) electrons. The Morgan fingerprint density at radius 2 is 1.86 bits per heavy atom. The number of imidazole rings is 1. The van der Waals surface area contributed by atoms with E-state index < -0.39 is 0 Å². The van der Waals surface area contributed by atoms with Crippen LogP contribution < -0.4 is 10.1 Å². The summed E-state index contributed by atoms with van der Waals surface area (Å²) in [6.45, 7) is 4.27. The lowest BCUT2D eigenvalue weighted by Crippen LogP contribution is -2.16. The molecule has 0 saturated heterocycles. The van der Waals surface area contributed by atoms with E-state index in [2.05, 4.69) is 21.5 Å². The van der Waals surface area contributed by atoms with E-state index >= 15 is 0 Å². The summed E-state index contributed by atoms with van der Waals surface area (Å²) in [6.07, 6.45) is 1.71. The highest BCUT2D eigenvalue weighted by molar-refractivity contribution is 6.02. The van der Waals surface area contributed by atoms with E-state index in [9.17, 15) is 4.79 Å². The highest BCUT2D eigenvalue weighted by Crippen LogP contribution is 2.18. The monoisotopic (exact) mass is 375 g/mol. The van der Waals surface area contributed by atoms with Crippen LogP contribution in [0.4, 0.5) is 5.95 Å². The van der Waals surface area contributed by atoms with Gasteiger partial charge in [-0.1, -0.05) is 18.2 Å². The number of aromatic nitrogens is 4. The molecule has 0 unspecified atom stereocenters. The maximum atomic E-state index is 12.5. The Labute approximate surface area is 162 Å². The molecule has 0 aliphatic rings. The molecule has 4 rings (SSSR count). The Balaban J connectivity index is 1.44. The van der Waals surface area contributed by atoms with Crippen LogP contribution in [0.5, 0.6) is 5.75 Å². The van der Waals surface area contributed by atoms with Crippen molar-refractivity contribution in [2.75, 3.05) is 5.32 Å². The lowest BCUT2D eigenvalue weighted by Gasteiger charge is -2.08. The molecule has 1 N–H and O–H groups in total. The fourth-order valence-electron chi connectivity index (χ4n) is 3.13. The van der Waals surface area contributed by atoms with E-state index in [-0.39, 0.29) is 12.6 Å². The number of nitrogens with zero attached hydrogens (tertiary/aromatic N) is 4. The van der Waals surface area contributed by atoms with Gasteiger partial charge < -0.3 is 9.30 Å². The topological polar surface area (TPSA) is 74.0 Å². The minimum absolute atomic E-state index is 0.225. The number of hydrogen-bond acceptors (Lipinski definition) is 4. The zero-order valence-electron chi connectivity index (χ0n) is 16.0. The van der Waals surface area contributed by atoms with E-state index in [1.807, 2.05) is 61.9 Å². The van der Waals surface area contributed by atoms with Gasteiger partial charge >= 0.3 is 0 Å². The number of nitrogens with one attached hydrogen (secondary N) is 1. The van der Waals surface area contributed by atoms with E-state index in [1.54, 1.807) is 16.9 Å². The molecular weight excluding hydrogens is 354 g/mol. The summed E-state index contributed by atoms with van der Waals surface area (Å²) >= 11 is 0. The summed E-state index contributed by atoms with van der Waals surface area (Å²) in [7, 11) is 1.86. The molecule has 28 heavy (non-hydrogen) atoms. The average molecular weight is 375 g/mol. The molecular formula is C21H21N5O2. The van der Waals surface area contributed by atoms with Crippen LogP contribution in [-0.4, -0.2) is 25.2 Å². The SMILES string of the molecule is Cc1cc(C)cc(OCn2ccc(C(=O)Nc3nc4ccccc4n3C)n2)c1. The minimum Gasteiger partial charge on any atom is -0.471 e. The van der Waals surface area contributed by atoms with Gasteiger partial charge in [0.15, 0.2) is 12.4 Å². The highest BCUT2D eigenvalue weighted by atomic mass is 16.5. The van der Waals surface area contributed by atoms with Gasteiger partial charge in [-0.3, -0.25) is 10.1 Å². The normalized spacial score (nSPS) is 11.0. The Kier molecular flexibility index (Phi) is 4.57. The van der Waals surface area contributed by atoms with Crippen molar-refractivity contribution in [3.8, 4) is 5.75 Å². The molecule has 2 heterocycles. The summed E-state index contributed by atoms with van der Waals surface area (Å²) in [5.41, 5.74) is 4.35. The van der Waals surface area contributed by atoms with E-state index in [0.717, 1.165) is 27.9 Å². The average Bonchev–Trinajstić information content (AvgIpc) is 3.25. The zero-order valence-corrected chi connectivity index (χ0v) is 16.0. The fourth-order valence-corrected chi connectivity index (χ4v) is 3.13. The van der Waals surface area contributed by atoms with Gasteiger partial charge in [-0.25, -0.2) is 9.67 Å². The van der Waals surface area contributed by atoms with Crippen molar-refractivity contribution in [2.45, 2.75) is 20.6 Å². The molecule has 7 heteroatoms. The second-order valence-electron chi connectivity index (χ2n) is 6.77. The first-order valence-electron chi connectivity index (χ1n) is 8.97. The summed E-state index contributed by atoms with van der Waals surface area (Å²) in [5.74, 6) is 0.939. The smallest absolute Gasteiger partial charge is 0.278 e. The van der Waals surface area contributed by atoms with Crippen LogP contribution in [0.1, 0.15) is 21.6 Å². The Hall–Kier alpha value is -3.61. The molecule has 0 saturated carbocycles. The van der Waals surface area contributed by atoms with Crippen LogP contribution >= 0.6 is 0 Å². The first kappa shape index (κ1) is 17.8. The number of anilines is 1. The van der Waals surface area contributed by atoms with Gasteiger partial charge in [0.25, 0.3) is 5.91 Å². The van der Waals surface area contributed by atoms with Gasteiger partial charge in [0.05, 0.1) is 11.0 Å². The number of rotatable bonds is 5. The van der Waals surface area contributed by atoms with Crippen LogP contribution in [0.2, 0.25) is 0 Å². The number of carbonyl (C=O) groups is 1. The predicted molar refractivity (Wildman–Crippen MR) is 107 cm³/mol. The molecule has 4 aromatic rings. The second kappa shape index (κ2) is 7.19. The van der Waals surface area contributed by atoms with Crippen LogP contribution in [0.15, 0.2) is 54.7 Å². The first-order valence-corrected chi connectivity index (χ1v) is 8.97. The van der Waals surface area contributed by atoms with E-state index in [0.29, 0.717) is 11.6 Å². The molecule has 142 valence electrons. The Morgan fingerprint density at radius 3 is 2.61 bits per heavy atom. The van der Waals surface area contributed by atoms with Gasteiger partial charge in [0, 0.05) is 13.2 Å². The fraction of sp³-hybridized carbons (Fsp3) is 0.190. The van der Waals surface area contributed by atoms with Crippen molar-refractivity contribution >= 4 is 22.9 Å². The summed E-state index contributed by atoms with van der Waals surface area (Å²) < 4.78 is 9.20. The molecule has 0 fully saturated rings. The number of amides is 1. The molecule has 0 aliphatic carbocycles. The lowest BCUT2D eigenvalue weighted by atomic mass is 10.1. The van der Waals surface area contributed by atoms with Crippen molar-refractivity contribution in [2.24, 2.45) is 7.05 Å². The Bertz CT molecular complexity index is 1140. The van der Waals surface area contributed by atoms with E-state index in [4.69, 9.17) is 4.74 Å². The molecule has 0 bridgehead atoms. The number of aryl methyl sites for hydroxylation is 3. The van der Waals surface area contributed by atoms with Crippen LogP contribution in [0.25, 0.3) is 11.0 Å². The summed E-state index contributed by atoms with van der Waals surface area (Å²) in [4.78, 5) is 17.0. The third-order valence-electron chi connectivity index (χ3n) is 4.44. The maximum Gasteiger partial charge on any atom is 0.278 e. The van der Waals surface area contributed by atoms with Gasteiger partial charge in [0.2, 0.25) is 5.95 Å². The van der Waals surface area contributed by atoms with Crippen LogP contribution in [0.3, 0.4) is 0 Å². The lowest BCUT2D eigenvalue weighted by molar-refractivity contribution is 0.101. The molecule has 0 spiro atoms. The van der Waals surface area contributed by atoms with Crippen molar-refractivity contribution in [1.29, 1.82) is 0 Å². The van der Waals surface area contributed by atoms with Crippen molar-refractivity contribution in [3.05, 3.63) is 71.5 Å². The second-order valence-corrected chi connectivity index (χ2v) is 6.77. The van der Waals surface area contributed by atoms with Crippen LogP contribution in [-0.2, 0) is 13.8 Å². The van der Waals surface area contributed by atoms with Gasteiger partial charge in [-0.05, 0) is 55.3 Å². The highest BCUT2D eigenvalue weighted by Gasteiger charge is 2.14. The van der Waals surface area contributed by atoms with Crippen molar-refractivity contribution in [1.82, 2.24) is 19.3 Å². The van der Waals surface area contributed by atoms with Crippen molar-refractivity contribution < 1.29 is 9.53 Å². The number of hydrogen-bond donors (Lipinski definition) is 1. The molecule has 7 nitrogen and oxygen atoms in total. The summed E-state index contributed by atoms with van der Waals surface area (Å²) in [6, 6.07) is 15.4. The molecule has 1 amide bonds. The zero-order chi connectivity index (χ0) is 19.7. The third-order valence-corrected chi connectivity index (χ3v) is 4.44. The first-order chi connectivity index (χ1) is 13.5. The summed E-state index contributed by atoms with van der Waals surface area (Å²) in [5, 5.41) is 7.11.